The zero-order valence-corrected chi connectivity index (χ0v) is 12.6. The van der Waals surface area contributed by atoms with Gasteiger partial charge in [0.15, 0.2) is 5.78 Å². The Balaban J connectivity index is 2.10. The Hall–Kier alpha value is -1.24. The summed E-state index contributed by atoms with van der Waals surface area (Å²) in [5.74, 6) is -0.664. The van der Waals surface area contributed by atoms with E-state index in [1.54, 1.807) is 12.1 Å². The number of Topliss-reactive ketones (excluding diaryl/α,β-unsaturated/α-hetero) is 1. The molecule has 1 aromatic rings. The average Bonchev–Trinajstić information content (AvgIpc) is 2.54. The van der Waals surface area contributed by atoms with Crippen molar-refractivity contribution in [2.75, 3.05) is 6.54 Å². The van der Waals surface area contributed by atoms with E-state index in [4.69, 9.17) is 0 Å². The van der Waals surface area contributed by atoms with E-state index in [9.17, 15) is 14.4 Å². The molecule has 0 spiro atoms. The molecule has 2 rings (SSSR count). The Labute approximate surface area is 125 Å². The van der Waals surface area contributed by atoms with E-state index in [1.165, 1.54) is 0 Å². The van der Waals surface area contributed by atoms with E-state index < -0.39 is 0 Å². The van der Waals surface area contributed by atoms with Gasteiger partial charge in [0.25, 0.3) is 0 Å². The summed E-state index contributed by atoms with van der Waals surface area (Å²) in [4.78, 5) is 36.8. The molecule has 1 aliphatic rings. The van der Waals surface area contributed by atoms with E-state index in [1.807, 2.05) is 12.1 Å². The minimum atomic E-state index is -0.235. The molecule has 0 bridgehead atoms. The molecule has 0 unspecified atom stereocenters. The maximum atomic E-state index is 12.1. The lowest BCUT2D eigenvalue weighted by atomic mass is 10.1. The van der Waals surface area contributed by atoms with Gasteiger partial charge in [-0.15, -0.1) is 0 Å². The molecule has 1 fully saturated rings. The fourth-order valence-corrected chi connectivity index (χ4v) is 2.37. The van der Waals surface area contributed by atoms with Gasteiger partial charge in [0.2, 0.25) is 11.8 Å². The molecule has 1 heterocycles. The van der Waals surface area contributed by atoms with Gasteiger partial charge in [-0.2, -0.15) is 0 Å². The molecule has 1 aromatic carbocycles. The minimum absolute atomic E-state index is 0.141. The van der Waals surface area contributed by atoms with Crippen molar-refractivity contribution < 1.29 is 14.4 Å². The van der Waals surface area contributed by atoms with Gasteiger partial charge in [-0.25, -0.2) is 0 Å². The fourth-order valence-electron chi connectivity index (χ4n) is 2.01. The number of carbonyl (C=O) groups excluding carboxylic acids is 3. The molecule has 0 saturated carbocycles. The Morgan fingerprint density at radius 1 is 1.05 bits per heavy atom. The lowest BCUT2D eigenvalue weighted by Gasteiger charge is -2.17. The van der Waals surface area contributed by atoms with Crippen LogP contribution in [0.1, 0.15) is 36.0 Å². The first-order valence-corrected chi connectivity index (χ1v) is 7.28. The average molecular weight is 371 g/mol. The lowest BCUT2D eigenvalue weighted by molar-refractivity contribution is -0.143. The third-order valence-electron chi connectivity index (χ3n) is 3.10. The van der Waals surface area contributed by atoms with Crippen molar-refractivity contribution in [2.45, 2.75) is 25.7 Å². The number of halogens is 1. The van der Waals surface area contributed by atoms with Crippen molar-refractivity contribution in [3.63, 3.8) is 0 Å². The molecule has 4 nitrogen and oxygen atoms in total. The number of nitrogens with zero attached hydrogens (tertiary/aromatic N) is 1. The van der Waals surface area contributed by atoms with Crippen LogP contribution in [0.15, 0.2) is 24.3 Å². The summed E-state index contributed by atoms with van der Waals surface area (Å²) < 4.78 is 1.04. The quantitative estimate of drug-likeness (QED) is 0.466. The van der Waals surface area contributed by atoms with Crippen LogP contribution in [0.2, 0.25) is 0 Å². The van der Waals surface area contributed by atoms with Gasteiger partial charge in [0, 0.05) is 22.0 Å². The summed E-state index contributed by atoms with van der Waals surface area (Å²) in [6, 6.07) is 7.10. The molecular formula is C14H14INO3. The molecule has 0 N–H and O–H groups in total. The van der Waals surface area contributed by atoms with E-state index in [0.717, 1.165) is 21.3 Å². The monoisotopic (exact) mass is 371 g/mol. The smallest absolute Gasteiger partial charge is 0.229 e. The molecule has 100 valence electrons. The highest BCUT2D eigenvalue weighted by molar-refractivity contribution is 14.1. The van der Waals surface area contributed by atoms with Gasteiger partial charge >= 0.3 is 0 Å². The fraction of sp³-hybridized carbons (Fsp3) is 0.357. The first-order chi connectivity index (χ1) is 9.08. The molecular weight excluding hydrogens is 357 g/mol. The zero-order chi connectivity index (χ0) is 13.8. The maximum absolute atomic E-state index is 12.1. The molecule has 0 aromatic heterocycles. The van der Waals surface area contributed by atoms with Crippen LogP contribution in [0.25, 0.3) is 0 Å². The predicted octanol–water partition coefficient (Wildman–Crippen LogP) is 2.40. The van der Waals surface area contributed by atoms with Crippen LogP contribution in [-0.4, -0.2) is 29.0 Å². The number of carbonyl (C=O) groups is 3. The lowest BCUT2D eigenvalue weighted by Crippen LogP contribution is -2.39. The van der Waals surface area contributed by atoms with Crippen molar-refractivity contribution >= 4 is 40.2 Å². The van der Waals surface area contributed by atoms with Crippen LogP contribution >= 0.6 is 22.6 Å². The second kappa shape index (κ2) is 6.27. The van der Waals surface area contributed by atoms with Crippen LogP contribution in [0.5, 0.6) is 0 Å². The highest BCUT2D eigenvalue weighted by Crippen LogP contribution is 2.14. The number of ketones is 1. The third kappa shape index (κ3) is 3.62. The summed E-state index contributed by atoms with van der Waals surface area (Å²) in [7, 11) is 0. The standard InChI is InChI=1S/C14H14INO3/c15-11-7-5-10(6-8-11)12(17)9-16-13(18)3-1-2-4-14(16)19/h5-8H,1-4,9H2. The van der Waals surface area contributed by atoms with Crippen molar-refractivity contribution in [3.05, 3.63) is 33.4 Å². The SMILES string of the molecule is O=C(CN1C(=O)CCCCC1=O)c1ccc(I)cc1. The highest BCUT2D eigenvalue weighted by atomic mass is 127. The topological polar surface area (TPSA) is 54.5 Å². The number of hydrogen-bond donors (Lipinski definition) is 0. The van der Waals surface area contributed by atoms with Crippen molar-refractivity contribution in [1.82, 2.24) is 4.90 Å². The first kappa shape index (κ1) is 14.2. The molecule has 1 saturated heterocycles. The number of rotatable bonds is 3. The Bertz CT molecular complexity index is 492. The molecule has 0 atom stereocenters. The zero-order valence-electron chi connectivity index (χ0n) is 10.4. The van der Waals surface area contributed by atoms with Crippen LogP contribution in [0.3, 0.4) is 0 Å². The molecule has 19 heavy (non-hydrogen) atoms. The molecule has 0 radical (unpaired) electrons. The van der Waals surface area contributed by atoms with Gasteiger partial charge in [-0.3, -0.25) is 19.3 Å². The summed E-state index contributed by atoms with van der Waals surface area (Å²) in [6.07, 6.45) is 2.15. The normalized spacial score (nSPS) is 16.4. The number of likely N-dealkylation sites (tertiary alicyclic amines) is 1. The van der Waals surface area contributed by atoms with Gasteiger partial charge in [-0.1, -0.05) is 12.1 Å². The van der Waals surface area contributed by atoms with Crippen LogP contribution in [-0.2, 0) is 9.59 Å². The summed E-state index contributed by atoms with van der Waals surface area (Å²) in [5, 5.41) is 0. The largest absolute Gasteiger partial charge is 0.292 e. The second-order valence-corrected chi connectivity index (χ2v) is 5.76. The van der Waals surface area contributed by atoms with Gasteiger partial charge in [0.1, 0.15) is 0 Å². The second-order valence-electron chi connectivity index (χ2n) is 4.51. The number of amides is 2. The Morgan fingerprint density at radius 2 is 1.58 bits per heavy atom. The number of benzene rings is 1. The summed E-state index contributed by atoms with van der Waals surface area (Å²) >= 11 is 2.16. The van der Waals surface area contributed by atoms with Gasteiger partial charge < -0.3 is 0 Å². The van der Waals surface area contributed by atoms with Crippen LogP contribution in [0.4, 0.5) is 0 Å². The van der Waals surface area contributed by atoms with E-state index >= 15 is 0 Å². The molecule has 0 aliphatic carbocycles. The number of hydrogen-bond acceptors (Lipinski definition) is 3. The van der Waals surface area contributed by atoms with E-state index in [-0.39, 0.29) is 24.1 Å². The van der Waals surface area contributed by atoms with Crippen LogP contribution < -0.4 is 0 Å². The summed E-state index contributed by atoms with van der Waals surface area (Å²) in [5.41, 5.74) is 0.533. The predicted molar refractivity (Wildman–Crippen MR) is 78.7 cm³/mol. The Morgan fingerprint density at radius 3 is 2.11 bits per heavy atom. The summed E-state index contributed by atoms with van der Waals surface area (Å²) in [6.45, 7) is -0.141. The Kier molecular flexibility index (Phi) is 4.68. The van der Waals surface area contributed by atoms with Crippen molar-refractivity contribution in [2.24, 2.45) is 0 Å². The highest BCUT2D eigenvalue weighted by Gasteiger charge is 2.26. The number of imide groups is 1. The third-order valence-corrected chi connectivity index (χ3v) is 3.82. The van der Waals surface area contributed by atoms with E-state index in [0.29, 0.717) is 18.4 Å². The minimum Gasteiger partial charge on any atom is -0.292 e. The molecule has 1 aliphatic heterocycles. The maximum Gasteiger partial charge on any atom is 0.229 e. The first-order valence-electron chi connectivity index (χ1n) is 6.20. The van der Waals surface area contributed by atoms with Crippen molar-refractivity contribution in [1.29, 1.82) is 0 Å². The van der Waals surface area contributed by atoms with Gasteiger partial charge in [-0.05, 0) is 47.6 Å². The van der Waals surface area contributed by atoms with Gasteiger partial charge in [0.05, 0.1) is 6.54 Å². The van der Waals surface area contributed by atoms with E-state index in [2.05, 4.69) is 22.6 Å². The van der Waals surface area contributed by atoms with Crippen LogP contribution in [0, 0.1) is 3.57 Å². The van der Waals surface area contributed by atoms with Crippen molar-refractivity contribution in [3.8, 4) is 0 Å². The molecule has 2 amide bonds. The molecule has 5 heteroatoms.